The SMILES string of the molecule is CC(C)(C)c1cc(Cl)cnc1C(C)(C)C/C=C/C(=O)N1CCN(CCOc2ccnc(C(C)(C)C)c2C(C)(C)C)CC1. The van der Waals surface area contributed by atoms with E-state index in [1.807, 2.05) is 29.3 Å². The Balaban J connectivity index is 1.53. The third-order valence-electron chi connectivity index (χ3n) is 7.91. The summed E-state index contributed by atoms with van der Waals surface area (Å²) in [7, 11) is 0. The number of piperazine rings is 1. The molecule has 0 radical (unpaired) electrons. The van der Waals surface area contributed by atoms with E-state index in [4.69, 9.17) is 26.3 Å². The third kappa shape index (κ3) is 8.79. The molecule has 0 unspecified atom stereocenters. The van der Waals surface area contributed by atoms with Gasteiger partial charge in [-0.3, -0.25) is 19.7 Å². The molecule has 7 heteroatoms. The van der Waals surface area contributed by atoms with Crippen molar-refractivity contribution in [3.05, 3.63) is 64.2 Å². The molecule has 6 nitrogen and oxygen atoms in total. The first-order valence-electron chi connectivity index (χ1n) is 15.3. The fourth-order valence-corrected chi connectivity index (χ4v) is 5.70. The van der Waals surface area contributed by atoms with E-state index in [0.29, 0.717) is 11.6 Å². The van der Waals surface area contributed by atoms with Gasteiger partial charge < -0.3 is 9.64 Å². The van der Waals surface area contributed by atoms with Crippen LogP contribution in [-0.4, -0.2) is 65.0 Å². The van der Waals surface area contributed by atoms with E-state index in [2.05, 4.69) is 81.1 Å². The van der Waals surface area contributed by atoms with Gasteiger partial charge >= 0.3 is 0 Å². The molecule has 0 bridgehead atoms. The van der Waals surface area contributed by atoms with E-state index >= 15 is 0 Å². The van der Waals surface area contributed by atoms with Crippen molar-refractivity contribution in [2.24, 2.45) is 0 Å². The van der Waals surface area contributed by atoms with Gasteiger partial charge in [-0.15, -0.1) is 0 Å². The summed E-state index contributed by atoms with van der Waals surface area (Å²) in [6, 6.07) is 4.02. The lowest BCUT2D eigenvalue weighted by Crippen LogP contribution is -2.49. The molecule has 0 atom stereocenters. The number of hydrogen-bond acceptors (Lipinski definition) is 5. The Labute approximate surface area is 259 Å². The number of carbonyl (C=O) groups excluding carboxylic acids is 1. The lowest BCUT2D eigenvalue weighted by atomic mass is 9.76. The number of amides is 1. The lowest BCUT2D eigenvalue weighted by molar-refractivity contribution is -0.127. The molecular weight excluding hydrogens is 544 g/mol. The zero-order valence-corrected chi connectivity index (χ0v) is 28.7. The Bertz CT molecular complexity index is 1260. The van der Waals surface area contributed by atoms with E-state index in [9.17, 15) is 4.79 Å². The van der Waals surface area contributed by atoms with E-state index in [-0.39, 0.29) is 27.6 Å². The van der Waals surface area contributed by atoms with Crippen LogP contribution in [-0.2, 0) is 26.5 Å². The van der Waals surface area contributed by atoms with Crippen LogP contribution in [0.1, 0.15) is 105 Å². The van der Waals surface area contributed by atoms with Crippen molar-refractivity contribution in [3.63, 3.8) is 0 Å². The molecule has 0 spiro atoms. The van der Waals surface area contributed by atoms with Gasteiger partial charge in [0.25, 0.3) is 0 Å². The standard InChI is InChI=1S/C35H53ClN4O2/c1-32(2,3)26-23-25(36)24-38-30(26)35(10,11)15-12-13-28(41)40-19-17-39(18-20-40)21-22-42-27-14-16-37-31(34(7,8)9)29(27)33(4,5)6/h12-14,16,23-24H,15,17-22H2,1-11H3/b13-12+. The minimum absolute atomic E-state index is 0.0584. The molecule has 0 saturated carbocycles. The second-order valence-electron chi connectivity index (χ2n) is 15.3. The van der Waals surface area contributed by atoms with Crippen molar-refractivity contribution in [1.82, 2.24) is 19.8 Å². The molecule has 0 aliphatic carbocycles. The average molecular weight is 597 g/mol. The summed E-state index contributed by atoms with van der Waals surface area (Å²) in [5.74, 6) is 0.996. The number of carbonyl (C=O) groups is 1. The molecule has 3 heterocycles. The highest BCUT2D eigenvalue weighted by atomic mass is 35.5. The van der Waals surface area contributed by atoms with E-state index in [1.165, 1.54) is 5.56 Å². The van der Waals surface area contributed by atoms with Crippen molar-refractivity contribution < 1.29 is 9.53 Å². The van der Waals surface area contributed by atoms with Gasteiger partial charge in [0.05, 0.1) is 16.4 Å². The Morgan fingerprint density at radius 1 is 0.905 bits per heavy atom. The predicted molar refractivity (Wildman–Crippen MR) is 175 cm³/mol. The Hall–Kier alpha value is -2.44. The number of halogens is 1. The number of pyridine rings is 2. The first-order chi connectivity index (χ1) is 19.3. The van der Waals surface area contributed by atoms with Crippen LogP contribution in [0.5, 0.6) is 5.75 Å². The number of ether oxygens (including phenoxy) is 1. The largest absolute Gasteiger partial charge is 0.492 e. The molecule has 1 aliphatic rings. The third-order valence-corrected chi connectivity index (χ3v) is 8.12. The van der Waals surface area contributed by atoms with Crippen molar-refractivity contribution in [3.8, 4) is 5.75 Å². The lowest BCUT2D eigenvalue weighted by Gasteiger charge is -2.34. The first-order valence-corrected chi connectivity index (χ1v) is 15.7. The molecule has 3 rings (SSSR count). The van der Waals surface area contributed by atoms with Crippen LogP contribution in [0, 0.1) is 0 Å². The molecule has 2 aromatic heterocycles. The van der Waals surface area contributed by atoms with Crippen LogP contribution in [0.15, 0.2) is 36.7 Å². The molecular formula is C35H53ClN4O2. The van der Waals surface area contributed by atoms with E-state index < -0.39 is 0 Å². The number of rotatable bonds is 8. The monoisotopic (exact) mass is 596 g/mol. The normalized spacial score (nSPS) is 15.9. The van der Waals surface area contributed by atoms with Crippen LogP contribution >= 0.6 is 11.6 Å². The van der Waals surface area contributed by atoms with Crippen LogP contribution in [0.3, 0.4) is 0 Å². The highest BCUT2D eigenvalue weighted by molar-refractivity contribution is 6.30. The highest BCUT2D eigenvalue weighted by Gasteiger charge is 2.31. The maximum absolute atomic E-state index is 13.0. The van der Waals surface area contributed by atoms with Gasteiger partial charge in [0.15, 0.2) is 0 Å². The average Bonchev–Trinajstić information content (AvgIpc) is 2.87. The summed E-state index contributed by atoms with van der Waals surface area (Å²) < 4.78 is 6.35. The molecule has 1 aliphatic heterocycles. The van der Waals surface area contributed by atoms with Crippen LogP contribution in [0.2, 0.25) is 5.02 Å². The summed E-state index contributed by atoms with van der Waals surface area (Å²) in [6.07, 6.45) is 8.03. The van der Waals surface area contributed by atoms with Crippen LogP contribution < -0.4 is 4.74 Å². The molecule has 232 valence electrons. The summed E-state index contributed by atoms with van der Waals surface area (Å²) in [4.78, 5) is 26.7. The molecule has 2 aromatic rings. The molecule has 0 aromatic carbocycles. The van der Waals surface area contributed by atoms with E-state index in [0.717, 1.165) is 61.8 Å². The maximum atomic E-state index is 13.0. The molecule has 1 amide bonds. The first kappa shape index (κ1) is 34.1. The minimum Gasteiger partial charge on any atom is -0.492 e. The van der Waals surface area contributed by atoms with Gasteiger partial charge in [-0.1, -0.05) is 93.8 Å². The van der Waals surface area contributed by atoms with Crippen molar-refractivity contribution in [2.75, 3.05) is 39.3 Å². The number of hydrogen-bond donors (Lipinski definition) is 0. The predicted octanol–water partition coefficient (Wildman–Crippen LogP) is 7.47. The molecule has 1 saturated heterocycles. The summed E-state index contributed by atoms with van der Waals surface area (Å²) >= 11 is 6.27. The van der Waals surface area contributed by atoms with Gasteiger partial charge in [-0.25, -0.2) is 0 Å². The Morgan fingerprint density at radius 2 is 1.55 bits per heavy atom. The van der Waals surface area contributed by atoms with Crippen molar-refractivity contribution in [1.29, 1.82) is 0 Å². The van der Waals surface area contributed by atoms with Crippen molar-refractivity contribution in [2.45, 2.75) is 104 Å². The quantitative estimate of drug-likeness (QED) is 0.296. The zero-order chi connectivity index (χ0) is 31.5. The topological polar surface area (TPSA) is 58.6 Å². The van der Waals surface area contributed by atoms with Crippen LogP contribution in [0.25, 0.3) is 0 Å². The Morgan fingerprint density at radius 3 is 2.12 bits per heavy atom. The summed E-state index contributed by atoms with van der Waals surface area (Å²) in [5, 5.41) is 0.651. The van der Waals surface area contributed by atoms with Crippen LogP contribution in [0.4, 0.5) is 0 Å². The smallest absolute Gasteiger partial charge is 0.246 e. The molecule has 42 heavy (non-hydrogen) atoms. The molecule has 1 fully saturated rings. The second-order valence-corrected chi connectivity index (χ2v) is 15.8. The van der Waals surface area contributed by atoms with Crippen molar-refractivity contribution >= 4 is 17.5 Å². The van der Waals surface area contributed by atoms with Gasteiger partial charge in [0.2, 0.25) is 5.91 Å². The van der Waals surface area contributed by atoms with E-state index in [1.54, 1.807) is 12.3 Å². The van der Waals surface area contributed by atoms with Gasteiger partial charge in [-0.05, 0) is 41.0 Å². The number of nitrogens with zero attached hydrogens (tertiary/aromatic N) is 4. The summed E-state index contributed by atoms with van der Waals surface area (Å²) in [6.45, 7) is 28.7. The maximum Gasteiger partial charge on any atom is 0.246 e. The number of aromatic nitrogens is 2. The fraction of sp³-hybridized carbons (Fsp3) is 0.629. The Kier molecular flexibility index (Phi) is 10.6. The second kappa shape index (κ2) is 13.1. The zero-order valence-electron chi connectivity index (χ0n) is 27.9. The minimum atomic E-state index is -0.224. The van der Waals surface area contributed by atoms with Gasteiger partial charge in [-0.2, -0.15) is 0 Å². The highest BCUT2D eigenvalue weighted by Crippen LogP contribution is 2.39. The van der Waals surface area contributed by atoms with Gasteiger partial charge in [0.1, 0.15) is 12.4 Å². The van der Waals surface area contributed by atoms with Gasteiger partial charge in [0, 0.05) is 61.5 Å². The molecule has 0 N–H and O–H groups in total. The fourth-order valence-electron chi connectivity index (χ4n) is 5.54. The number of allylic oxidation sites excluding steroid dienone is 1. The summed E-state index contributed by atoms with van der Waals surface area (Å²) in [5.41, 5.74) is 4.03.